The number of hydrogen-bond donors (Lipinski definition) is 1. The SMILES string of the molecule is Cc1nnc(-c2nnc(NCc3ccco3)c3ccccc23)o1. The Morgan fingerprint density at radius 1 is 0.957 bits per heavy atom. The highest BCUT2D eigenvalue weighted by atomic mass is 16.4. The van der Waals surface area contributed by atoms with Gasteiger partial charge in [-0.3, -0.25) is 0 Å². The van der Waals surface area contributed by atoms with Crippen LogP contribution in [-0.4, -0.2) is 20.4 Å². The zero-order valence-corrected chi connectivity index (χ0v) is 12.4. The van der Waals surface area contributed by atoms with Crippen molar-refractivity contribution >= 4 is 16.6 Å². The molecule has 3 heterocycles. The van der Waals surface area contributed by atoms with Crippen LogP contribution >= 0.6 is 0 Å². The summed E-state index contributed by atoms with van der Waals surface area (Å²) in [6.07, 6.45) is 1.64. The van der Waals surface area contributed by atoms with E-state index in [9.17, 15) is 0 Å². The molecule has 0 unspecified atom stereocenters. The Hall–Kier alpha value is -3.22. The molecule has 7 heteroatoms. The Labute approximate surface area is 131 Å². The summed E-state index contributed by atoms with van der Waals surface area (Å²) in [6.45, 7) is 2.27. The highest BCUT2D eigenvalue weighted by molar-refractivity contribution is 5.98. The van der Waals surface area contributed by atoms with E-state index >= 15 is 0 Å². The number of nitrogens with zero attached hydrogens (tertiary/aromatic N) is 4. The van der Waals surface area contributed by atoms with Crippen LogP contribution in [0.4, 0.5) is 5.82 Å². The van der Waals surface area contributed by atoms with Gasteiger partial charge >= 0.3 is 0 Å². The lowest BCUT2D eigenvalue weighted by atomic mass is 10.1. The fraction of sp³-hybridized carbons (Fsp3) is 0.125. The third-order valence-electron chi connectivity index (χ3n) is 3.43. The van der Waals surface area contributed by atoms with Crippen LogP contribution in [0.5, 0.6) is 0 Å². The van der Waals surface area contributed by atoms with Gasteiger partial charge in [0.2, 0.25) is 5.89 Å². The first-order valence-electron chi connectivity index (χ1n) is 7.13. The minimum absolute atomic E-state index is 0.365. The van der Waals surface area contributed by atoms with E-state index in [0.29, 0.717) is 29.8 Å². The average molecular weight is 307 g/mol. The predicted molar refractivity (Wildman–Crippen MR) is 83.6 cm³/mol. The molecule has 1 aromatic carbocycles. The molecule has 0 aliphatic carbocycles. The van der Waals surface area contributed by atoms with Crippen LogP contribution in [0.1, 0.15) is 11.7 Å². The fourth-order valence-corrected chi connectivity index (χ4v) is 2.37. The predicted octanol–water partition coefficient (Wildman–Crippen LogP) is 3.19. The van der Waals surface area contributed by atoms with E-state index in [1.807, 2.05) is 36.4 Å². The number of aryl methyl sites for hydroxylation is 1. The number of furan rings is 1. The van der Waals surface area contributed by atoms with E-state index in [2.05, 4.69) is 25.7 Å². The minimum Gasteiger partial charge on any atom is -0.467 e. The second-order valence-corrected chi connectivity index (χ2v) is 5.00. The highest BCUT2D eigenvalue weighted by Gasteiger charge is 2.15. The summed E-state index contributed by atoms with van der Waals surface area (Å²) in [6, 6.07) is 11.6. The summed E-state index contributed by atoms with van der Waals surface area (Å²) in [4.78, 5) is 0. The van der Waals surface area contributed by atoms with Crippen molar-refractivity contribution in [2.24, 2.45) is 0 Å². The maximum Gasteiger partial charge on any atom is 0.268 e. The zero-order chi connectivity index (χ0) is 15.6. The summed E-state index contributed by atoms with van der Waals surface area (Å²) in [5, 5.41) is 21.5. The molecule has 23 heavy (non-hydrogen) atoms. The quantitative estimate of drug-likeness (QED) is 0.619. The van der Waals surface area contributed by atoms with Gasteiger partial charge in [-0.25, -0.2) is 0 Å². The van der Waals surface area contributed by atoms with Gasteiger partial charge < -0.3 is 14.2 Å². The van der Waals surface area contributed by atoms with E-state index in [4.69, 9.17) is 8.83 Å². The van der Waals surface area contributed by atoms with Gasteiger partial charge in [0.25, 0.3) is 5.89 Å². The van der Waals surface area contributed by atoms with Gasteiger partial charge in [-0.15, -0.1) is 20.4 Å². The lowest BCUT2D eigenvalue weighted by molar-refractivity contribution is 0.517. The topological polar surface area (TPSA) is 89.9 Å². The van der Waals surface area contributed by atoms with Crippen LogP contribution in [0.15, 0.2) is 51.5 Å². The lowest BCUT2D eigenvalue weighted by Crippen LogP contribution is -2.03. The maximum atomic E-state index is 5.48. The van der Waals surface area contributed by atoms with Crippen molar-refractivity contribution in [2.45, 2.75) is 13.5 Å². The molecule has 1 N–H and O–H groups in total. The Bertz CT molecular complexity index is 946. The van der Waals surface area contributed by atoms with Crippen LogP contribution in [0.2, 0.25) is 0 Å². The van der Waals surface area contributed by atoms with Gasteiger partial charge in [0.15, 0.2) is 11.5 Å². The number of anilines is 1. The molecular weight excluding hydrogens is 294 g/mol. The van der Waals surface area contributed by atoms with E-state index in [1.165, 1.54) is 0 Å². The van der Waals surface area contributed by atoms with Crippen molar-refractivity contribution in [3.63, 3.8) is 0 Å². The van der Waals surface area contributed by atoms with Gasteiger partial charge in [0.05, 0.1) is 12.8 Å². The number of nitrogens with one attached hydrogen (secondary N) is 1. The maximum absolute atomic E-state index is 5.48. The van der Waals surface area contributed by atoms with E-state index < -0.39 is 0 Å². The molecule has 0 spiro atoms. The van der Waals surface area contributed by atoms with Crippen LogP contribution in [0.3, 0.4) is 0 Å². The van der Waals surface area contributed by atoms with E-state index in [1.54, 1.807) is 13.2 Å². The summed E-state index contributed by atoms with van der Waals surface area (Å²) in [5.74, 6) is 2.36. The van der Waals surface area contributed by atoms with E-state index in [0.717, 1.165) is 16.5 Å². The first-order valence-corrected chi connectivity index (χ1v) is 7.13. The molecule has 0 amide bonds. The smallest absolute Gasteiger partial charge is 0.268 e. The van der Waals surface area contributed by atoms with Gasteiger partial charge in [-0.1, -0.05) is 24.3 Å². The average Bonchev–Trinajstić information content (AvgIpc) is 3.24. The summed E-state index contributed by atoms with van der Waals surface area (Å²) in [7, 11) is 0. The summed E-state index contributed by atoms with van der Waals surface area (Å²) < 4.78 is 10.8. The molecule has 0 saturated carbocycles. The Morgan fingerprint density at radius 3 is 2.57 bits per heavy atom. The molecule has 3 aromatic heterocycles. The first-order chi connectivity index (χ1) is 11.3. The molecule has 0 aliphatic rings. The number of aromatic nitrogens is 4. The van der Waals surface area contributed by atoms with Crippen LogP contribution in [0, 0.1) is 6.92 Å². The molecule has 0 fully saturated rings. The Morgan fingerprint density at radius 2 is 1.83 bits per heavy atom. The molecule has 114 valence electrons. The first kappa shape index (κ1) is 13.4. The minimum atomic E-state index is 0.365. The summed E-state index contributed by atoms with van der Waals surface area (Å²) >= 11 is 0. The number of fused-ring (bicyclic) bond motifs is 1. The number of benzene rings is 1. The largest absolute Gasteiger partial charge is 0.467 e. The van der Waals surface area contributed by atoms with Crippen molar-refractivity contribution in [1.29, 1.82) is 0 Å². The monoisotopic (exact) mass is 307 g/mol. The van der Waals surface area contributed by atoms with Gasteiger partial charge in [-0.2, -0.15) is 0 Å². The molecule has 0 atom stereocenters. The molecule has 4 rings (SSSR count). The summed E-state index contributed by atoms with van der Waals surface area (Å²) in [5.41, 5.74) is 0.574. The third-order valence-corrected chi connectivity index (χ3v) is 3.43. The molecule has 7 nitrogen and oxygen atoms in total. The zero-order valence-electron chi connectivity index (χ0n) is 12.4. The number of hydrogen-bond acceptors (Lipinski definition) is 7. The van der Waals surface area contributed by atoms with Crippen LogP contribution in [0.25, 0.3) is 22.4 Å². The van der Waals surface area contributed by atoms with Crippen molar-refractivity contribution in [3.05, 3.63) is 54.3 Å². The molecule has 0 radical (unpaired) electrons. The normalized spacial score (nSPS) is 11.0. The van der Waals surface area contributed by atoms with Crippen molar-refractivity contribution < 1.29 is 8.83 Å². The third kappa shape index (κ3) is 2.52. The van der Waals surface area contributed by atoms with Crippen LogP contribution in [-0.2, 0) is 6.54 Å². The standard InChI is InChI=1S/C16H13N5O2/c1-10-18-21-16(23-10)14-12-6-2-3-7-13(12)15(20-19-14)17-9-11-5-4-8-22-11/h2-8H,9H2,1H3,(H,17,20). The van der Waals surface area contributed by atoms with Crippen molar-refractivity contribution in [1.82, 2.24) is 20.4 Å². The van der Waals surface area contributed by atoms with Crippen molar-refractivity contribution in [3.8, 4) is 11.6 Å². The lowest BCUT2D eigenvalue weighted by Gasteiger charge is -2.08. The number of rotatable bonds is 4. The molecule has 4 aromatic rings. The Balaban J connectivity index is 1.76. The molecule has 0 aliphatic heterocycles. The van der Waals surface area contributed by atoms with Crippen LogP contribution < -0.4 is 5.32 Å². The fourth-order valence-electron chi connectivity index (χ4n) is 2.37. The second kappa shape index (κ2) is 5.53. The van der Waals surface area contributed by atoms with Gasteiger partial charge in [-0.05, 0) is 12.1 Å². The van der Waals surface area contributed by atoms with Gasteiger partial charge in [0.1, 0.15) is 5.76 Å². The van der Waals surface area contributed by atoms with Gasteiger partial charge in [0, 0.05) is 17.7 Å². The molecule has 0 saturated heterocycles. The Kier molecular flexibility index (Phi) is 3.23. The molecular formula is C16H13N5O2. The molecule has 0 bridgehead atoms. The van der Waals surface area contributed by atoms with Crippen molar-refractivity contribution in [2.75, 3.05) is 5.32 Å². The highest BCUT2D eigenvalue weighted by Crippen LogP contribution is 2.29. The second-order valence-electron chi connectivity index (χ2n) is 5.00. The van der Waals surface area contributed by atoms with E-state index in [-0.39, 0.29) is 0 Å².